The zero-order valence-corrected chi connectivity index (χ0v) is 8.97. The van der Waals surface area contributed by atoms with Gasteiger partial charge in [0.15, 0.2) is 0 Å². The van der Waals surface area contributed by atoms with Gasteiger partial charge in [0.1, 0.15) is 0 Å². The van der Waals surface area contributed by atoms with Crippen LogP contribution in [-0.4, -0.2) is 36.6 Å². The van der Waals surface area contributed by atoms with Gasteiger partial charge in [0, 0.05) is 26.2 Å². The van der Waals surface area contributed by atoms with Crippen molar-refractivity contribution in [3.63, 3.8) is 0 Å². The summed E-state index contributed by atoms with van der Waals surface area (Å²) in [6, 6.07) is 6.82. The lowest BCUT2D eigenvalue weighted by Gasteiger charge is -2.12. The summed E-state index contributed by atoms with van der Waals surface area (Å²) >= 11 is 0. The summed E-state index contributed by atoms with van der Waals surface area (Å²) in [6.07, 6.45) is -0.659. The molecule has 0 saturated heterocycles. The number of aliphatic hydroxyl groups excluding tert-OH is 1. The van der Waals surface area contributed by atoms with Crippen molar-refractivity contribution in [1.29, 1.82) is 0 Å². The van der Waals surface area contributed by atoms with E-state index in [0.29, 0.717) is 5.56 Å². The average Bonchev–Trinajstić information content (AvgIpc) is 2.27. The summed E-state index contributed by atoms with van der Waals surface area (Å²) < 4.78 is 0. The Bertz CT molecular complexity index is 333. The van der Waals surface area contributed by atoms with Crippen molar-refractivity contribution in [3.05, 3.63) is 35.4 Å². The fourth-order valence-electron chi connectivity index (χ4n) is 1.24. The van der Waals surface area contributed by atoms with E-state index in [1.54, 1.807) is 38.4 Å². The van der Waals surface area contributed by atoms with Crippen molar-refractivity contribution in [2.45, 2.75) is 6.10 Å². The van der Waals surface area contributed by atoms with Crippen molar-refractivity contribution >= 4 is 5.91 Å². The number of hydrogen-bond acceptors (Lipinski definition) is 3. The Balaban J connectivity index is 2.85. The smallest absolute Gasteiger partial charge is 0.253 e. The molecule has 0 bridgehead atoms. The second-order valence-corrected chi connectivity index (χ2v) is 3.57. The summed E-state index contributed by atoms with van der Waals surface area (Å²) in [6.45, 7) is 0.182. The molecule has 1 rings (SSSR count). The third kappa shape index (κ3) is 2.78. The van der Waals surface area contributed by atoms with Crippen molar-refractivity contribution in [1.82, 2.24) is 4.90 Å². The maximum absolute atomic E-state index is 11.5. The molecule has 0 radical (unpaired) electrons. The van der Waals surface area contributed by atoms with E-state index in [9.17, 15) is 9.90 Å². The first-order valence-electron chi connectivity index (χ1n) is 4.76. The van der Waals surface area contributed by atoms with Crippen LogP contribution in [0.15, 0.2) is 24.3 Å². The van der Waals surface area contributed by atoms with E-state index >= 15 is 0 Å². The summed E-state index contributed by atoms with van der Waals surface area (Å²) in [5.74, 6) is -0.0520. The van der Waals surface area contributed by atoms with E-state index < -0.39 is 6.10 Å². The number of carbonyl (C=O) groups excluding carboxylic acids is 1. The van der Waals surface area contributed by atoms with Crippen LogP contribution in [0.25, 0.3) is 0 Å². The molecule has 0 aromatic heterocycles. The highest BCUT2D eigenvalue weighted by atomic mass is 16.3. The molecule has 0 spiro atoms. The van der Waals surface area contributed by atoms with Crippen molar-refractivity contribution < 1.29 is 9.90 Å². The Morgan fingerprint density at radius 1 is 1.40 bits per heavy atom. The van der Waals surface area contributed by atoms with Crippen LogP contribution in [0.4, 0.5) is 0 Å². The SMILES string of the molecule is CN(C)C(=O)c1ccc([C@@H](O)CN)cc1. The molecule has 0 aliphatic heterocycles. The monoisotopic (exact) mass is 208 g/mol. The van der Waals surface area contributed by atoms with Gasteiger partial charge in [-0.05, 0) is 17.7 Å². The van der Waals surface area contributed by atoms with E-state index in [1.165, 1.54) is 4.90 Å². The number of nitrogens with zero attached hydrogens (tertiary/aromatic N) is 1. The maximum atomic E-state index is 11.5. The third-order valence-corrected chi connectivity index (χ3v) is 2.17. The summed E-state index contributed by atoms with van der Waals surface area (Å²) in [4.78, 5) is 13.0. The topological polar surface area (TPSA) is 66.6 Å². The molecule has 1 aromatic carbocycles. The first kappa shape index (κ1) is 11.7. The van der Waals surface area contributed by atoms with Crippen molar-refractivity contribution in [3.8, 4) is 0 Å². The minimum absolute atomic E-state index is 0.0520. The van der Waals surface area contributed by atoms with Crippen LogP contribution in [0.1, 0.15) is 22.0 Å². The summed E-state index contributed by atoms with van der Waals surface area (Å²) in [7, 11) is 3.40. The van der Waals surface area contributed by atoms with Gasteiger partial charge in [-0.25, -0.2) is 0 Å². The van der Waals surface area contributed by atoms with Gasteiger partial charge in [-0.15, -0.1) is 0 Å². The first-order valence-corrected chi connectivity index (χ1v) is 4.76. The molecule has 4 nitrogen and oxygen atoms in total. The molecule has 0 unspecified atom stereocenters. The van der Waals surface area contributed by atoms with Crippen LogP contribution >= 0.6 is 0 Å². The third-order valence-electron chi connectivity index (χ3n) is 2.17. The van der Waals surface area contributed by atoms with Gasteiger partial charge >= 0.3 is 0 Å². The van der Waals surface area contributed by atoms with Gasteiger partial charge in [-0.2, -0.15) is 0 Å². The summed E-state index contributed by atoms with van der Waals surface area (Å²) in [5, 5.41) is 9.45. The molecule has 82 valence electrons. The molecule has 1 atom stereocenters. The standard InChI is InChI=1S/C11H16N2O2/c1-13(2)11(15)9-5-3-8(4-6-9)10(14)7-12/h3-6,10,14H,7,12H2,1-2H3/t10-/m0/s1. The molecule has 0 heterocycles. The minimum atomic E-state index is -0.659. The maximum Gasteiger partial charge on any atom is 0.253 e. The predicted octanol–water partition coefficient (Wildman–Crippen LogP) is 0.380. The lowest BCUT2D eigenvalue weighted by Crippen LogP contribution is -2.21. The Morgan fingerprint density at radius 2 is 1.93 bits per heavy atom. The van der Waals surface area contributed by atoms with Gasteiger partial charge in [-0.3, -0.25) is 4.79 Å². The Hall–Kier alpha value is -1.39. The highest BCUT2D eigenvalue weighted by Crippen LogP contribution is 2.13. The Morgan fingerprint density at radius 3 is 2.33 bits per heavy atom. The molecule has 0 aliphatic carbocycles. The zero-order valence-electron chi connectivity index (χ0n) is 8.97. The Labute approximate surface area is 89.3 Å². The van der Waals surface area contributed by atoms with Gasteiger partial charge in [0.2, 0.25) is 0 Å². The number of rotatable bonds is 3. The first-order chi connectivity index (χ1) is 7.06. The van der Waals surface area contributed by atoms with Gasteiger partial charge in [0.25, 0.3) is 5.91 Å². The van der Waals surface area contributed by atoms with E-state index in [1.807, 2.05) is 0 Å². The molecule has 1 aromatic rings. The number of nitrogens with two attached hydrogens (primary N) is 1. The number of aliphatic hydroxyl groups is 1. The van der Waals surface area contributed by atoms with E-state index in [4.69, 9.17) is 5.73 Å². The number of carbonyl (C=O) groups is 1. The highest BCUT2D eigenvalue weighted by Gasteiger charge is 2.09. The minimum Gasteiger partial charge on any atom is -0.387 e. The quantitative estimate of drug-likeness (QED) is 0.754. The largest absolute Gasteiger partial charge is 0.387 e. The lowest BCUT2D eigenvalue weighted by molar-refractivity contribution is 0.0827. The van der Waals surface area contributed by atoms with E-state index in [2.05, 4.69) is 0 Å². The van der Waals surface area contributed by atoms with Gasteiger partial charge in [0.05, 0.1) is 6.10 Å². The molecule has 4 heteroatoms. The number of benzene rings is 1. The van der Waals surface area contributed by atoms with E-state index in [0.717, 1.165) is 5.56 Å². The van der Waals surface area contributed by atoms with Crippen LogP contribution in [0, 0.1) is 0 Å². The average molecular weight is 208 g/mol. The van der Waals surface area contributed by atoms with Crippen molar-refractivity contribution in [2.75, 3.05) is 20.6 Å². The summed E-state index contributed by atoms with van der Waals surface area (Å²) in [5.41, 5.74) is 6.66. The highest BCUT2D eigenvalue weighted by molar-refractivity contribution is 5.93. The van der Waals surface area contributed by atoms with Crippen LogP contribution in [0.3, 0.4) is 0 Å². The fraction of sp³-hybridized carbons (Fsp3) is 0.364. The van der Waals surface area contributed by atoms with Crippen LogP contribution in [0.2, 0.25) is 0 Å². The van der Waals surface area contributed by atoms with Crippen LogP contribution in [-0.2, 0) is 0 Å². The second-order valence-electron chi connectivity index (χ2n) is 3.57. The number of amides is 1. The van der Waals surface area contributed by atoms with Gasteiger partial charge < -0.3 is 15.7 Å². The molecule has 1 amide bonds. The molecule has 3 N–H and O–H groups in total. The second kappa shape index (κ2) is 4.91. The molecule has 0 aliphatic rings. The van der Waals surface area contributed by atoms with Crippen molar-refractivity contribution in [2.24, 2.45) is 5.73 Å². The fourth-order valence-corrected chi connectivity index (χ4v) is 1.24. The van der Waals surface area contributed by atoms with Gasteiger partial charge in [-0.1, -0.05) is 12.1 Å². The van der Waals surface area contributed by atoms with E-state index in [-0.39, 0.29) is 12.5 Å². The molecule has 15 heavy (non-hydrogen) atoms. The molecule has 0 saturated carbocycles. The zero-order chi connectivity index (χ0) is 11.4. The van der Waals surface area contributed by atoms with Crippen LogP contribution < -0.4 is 5.73 Å². The molecular weight excluding hydrogens is 192 g/mol. The molecule has 0 fully saturated rings. The Kier molecular flexibility index (Phi) is 3.82. The normalized spacial score (nSPS) is 12.3. The lowest BCUT2D eigenvalue weighted by atomic mass is 10.1. The number of hydrogen-bond donors (Lipinski definition) is 2. The van der Waals surface area contributed by atoms with Crippen LogP contribution in [0.5, 0.6) is 0 Å². The molecular formula is C11H16N2O2. The predicted molar refractivity (Wildman–Crippen MR) is 58.5 cm³/mol.